The summed E-state index contributed by atoms with van der Waals surface area (Å²) in [5.74, 6) is -1.96. The minimum absolute atomic E-state index is 0.282. The summed E-state index contributed by atoms with van der Waals surface area (Å²) in [6, 6.07) is 2.15. The summed E-state index contributed by atoms with van der Waals surface area (Å²) < 4.78 is 37.8. The molecule has 0 aliphatic carbocycles. The monoisotopic (exact) mass is 582 g/mol. The Morgan fingerprint density at radius 2 is 0.756 bits per heavy atom. The molecule has 0 fully saturated rings. The fourth-order valence-corrected chi connectivity index (χ4v) is 2.45. The van der Waals surface area contributed by atoms with Gasteiger partial charge in [-0.2, -0.15) is 0 Å². The van der Waals surface area contributed by atoms with Crippen LogP contribution in [0.5, 0.6) is 23.0 Å². The zero-order valence-electron chi connectivity index (χ0n) is 26.5. The topological polar surface area (TPSA) is 133 Å². The molecule has 0 saturated heterocycles. The second kappa shape index (κ2) is 13.9. The Kier molecular flexibility index (Phi) is 12.1. The minimum atomic E-state index is -1.11. The van der Waals surface area contributed by atoms with Crippen molar-refractivity contribution in [3.63, 3.8) is 0 Å². The molecule has 0 radical (unpaired) electrons. The van der Waals surface area contributed by atoms with E-state index in [0.717, 1.165) is 12.1 Å². The van der Waals surface area contributed by atoms with E-state index in [1.54, 1.807) is 55.4 Å². The summed E-state index contributed by atoms with van der Waals surface area (Å²) in [5, 5.41) is 0. The van der Waals surface area contributed by atoms with Crippen LogP contribution in [0.4, 0.5) is 14.4 Å². The van der Waals surface area contributed by atoms with Crippen LogP contribution >= 0.6 is 0 Å². The number of hydrogen-bond acceptors (Lipinski definition) is 11. The van der Waals surface area contributed by atoms with Crippen LogP contribution in [-0.2, 0) is 19.0 Å². The lowest BCUT2D eigenvalue weighted by atomic mass is 9.91. The van der Waals surface area contributed by atoms with E-state index in [2.05, 4.69) is 0 Å². The van der Waals surface area contributed by atoms with Gasteiger partial charge in [0.2, 0.25) is 0 Å². The predicted octanol–water partition coefficient (Wildman–Crippen LogP) is 8.14. The average Bonchev–Trinajstić information content (AvgIpc) is 2.85. The first kappa shape index (κ1) is 35.5. The second-order valence-electron chi connectivity index (χ2n) is 12.1. The largest absolute Gasteiger partial charge is 0.514 e. The van der Waals surface area contributed by atoms with Crippen LogP contribution in [0.15, 0.2) is 12.1 Å². The van der Waals surface area contributed by atoms with E-state index in [4.69, 9.17) is 33.2 Å². The fourth-order valence-electron chi connectivity index (χ4n) is 2.45. The lowest BCUT2D eigenvalue weighted by Crippen LogP contribution is -2.31. The van der Waals surface area contributed by atoms with Gasteiger partial charge in [-0.1, -0.05) is 27.7 Å². The molecule has 0 heterocycles. The van der Waals surface area contributed by atoms with Gasteiger partial charge in [-0.05, 0) is 81.1 Å². The summed E-state index contributed by atoms with van der Waals surface area (Å²) in [4.78, 5) is 50.9. The van der Waals surface area contributed by atoms with Gasteiger partial charge in [-0.25, -0.2) is 14.4 Å². The van der Waals surface area contributed by atoms with Crippen molar-refractivity contribution in [1.29, 1.82) is 0 Å². The molecule has 0 amide bonds. The molecule has 1 rings (SSSR count). The second-order valence-corrected chi connectivity index (χ2v) is 12.1. The first-order valence-corrected chi connectivity index (χ1v) is 13.8. The molecule has 0 aliphatic heterocycles. The third kappa shape index (κ3) is 11.5. The molecule has 1 aromatic rings. The van der Waals surface area contributed by atoms with Crippen LogP contribution in [0, 0.1) is 5.41 Å². The van der Waals surface area contributed by atoms with E-state index in [1.807, 2.05) is 27.7 Å². The van der Waals surface area contributed by atoms with Crippen molar-refractivity contribution in [2.24, 2.45) is 5.41 Å². The molecular weight excluding hydrogens is 536 g/mol. The zero-order valence-corrected chi connectivity index (χ0v) is 26.5. The Balaban J connectivity index is 3.67. The molecule has 0 N–H and O–H groups in total. The summed E-state index contributed by atoms with van der Waals surface area (Å²) in [6.07, 6.45) is -1.40. The molecular formula is C30H46O11. The van der Waals surface area contributed by atoms with Crippen molar-refractivity contribution >= 4 is 24.4 Å². The molecule has 0 aromatic heterocycles. The Morgan fingerprint density at radius 1 is 0.488 bits per heavy atom. The molecule has 0 unspecified atom stereocenters. The Morgan fingerprint density at radius 3 is 1.00 bits per heavy atom. The number of benzene rings is 1. The molecule has 0 saturated carbocycles. The van der Waals surface area contributed by atoms with E-state index in [-0.39, 0.29) is 23.0 Å². The van der Waals surface area contributed by atoms with Crippen molar-refractivity contribution in [2.75, 3.05) is 0 Å². The van der Waals surface area contributed by atoms with Crippen molar-refractivity contribution in [1.82, 2.24) is 0 Å². The van der Waals surface area contributed by atoms with Crippen molar-refractivity contribution < 1.29 is 52.3 Å². The van der Waals surface area contributed by atoms with Crippen molar-refractivity contribution in [2.45, 2.75) is 126 Å². The number of ether oxygens (including phenoxy) is 7. The Labute approximate surface area is 243 Å². The molecule has 0 aliphatic rings. The van der Waals surface area contributed by atoms with Gasteiger partial charge in [0.1, 0.15) is 16.8 Å². The number of carbonyl (C=O) groups is 4. The van der Waals surface area contributed by atoms with Gasteiger partial charge in [0.05, 0.1) is 5.41 Å². The van der Waals surface area contributed by atoms with Crippen LogP contribution in [-0.4, -0.2) is 41.2 Å². The van der Waals surface area contributed by atoms with E-state index < -0.39 is 46.7 Å². The molecule has 0 bridgehead atoms. The van der Waals surface area contributed by atoms with E-state index in [9.17, 15) is 19.2 Å². The SMILES string of the molecule is CCC(C)(C)OC(=O)Oc1cc(OC(=O)OC(C)(C)CC)c(OC(=O)C(C)(C)CC)cc1OC(=O)OC(C)(C)CC. The van der Waals surface area contributed by atoms with E-state index >= 15 is 0 Å². The first-order chi connectivity index (χ1) is 18.7. The number of esters is 1. The zero-order chi connectivity index (χ0) is 31.8. The molecule has 232 valence electrons. The lowest BCUT2D eigenvalue weighted by molar-refractivity contribution is -0.144. The van der Waals surface area contributed by atoms with Crippen LogP contribution < -0.4 is 18.9 Å². The standard InChI is InChI=1S/C30H46O11/c1-13-27(5,6)23(31)35-19-17-21(37-25(33)40-29(9,10)15-3)22(38-26(34)41-30(11,12)16-4)18-20(19)36-24(32)39-28(7,8)14-2/h17-18H,13-16H2,1-12H3. The van der Waals surface area contributed by atoms with Gasteiger partial charge < -0.3 is 33.2 Å². The van der Waals surface area contributed by atoms with Gasteiger partial charge in [0, 0.05) is 12.1 Å². The first-order valence-electron chi connectivity index (χ1n) is 13.8. The van der Waals surface area contributed by atoms with Crippen molar-refractivity contribution in [3.8, 4) is 23.0 Å². The maximum Gasteiger partial charge on any atom is 0.514 e. The maximum atomic E-state index is 13.0. The highest BCUT2D eigenvalue weighted by molar-refractivity contribution is 5.80. The third-order valence-electron chi connectivity index (χ3n) is 6.86. The molecule has 1 aromatic carbocycles. The Bertz CT molecular complexity index is 1100. The van der Waals surface area contributed by atoms with Gasteiger partial charge in [0.15, 0.2) is 23.0 Å². The van der Waals surface area contributed by atoms with Crippen LogP contribution in [0.2, 0.25) is 0 Å². The molecule has 11 nitrogen and oxygen atoms in total. The van der Waals surface area contributed by atoms with Gasteiger partial charge in [0.25, 0.3) is 0 Å². The van der Waals surface area contributed by atoms with Crippen molar-refractivity contribution in [3.05, 3.63) is 12.1 Å². The fraction of sp³-hybridized carbons (Fsp3) is 0.667. The number of hydrogen-bond donors (Lipinski definition) is 0. The summed E-state index contributed by atoms with van der Waals surface area (Å²) >= 11 is 0. The maximum absolute atomic E-state index is 13.0. The van der Waals surface area contributed by atoms with Gasteiger partial charge in [-0.15, -0.1) is 0 Å². The van der Waals surface area contributed by atoms with Gasteiger partial charge >= 0.3 is 24.4 Å². The quantitative estimate of drug-likeness (QED) is 0.102. The normalized spacial score (nSPS) is 12.2. The van der Waals surface area contributed by atoms with E-state index in [0.29, 0.717) is 25.7 Å². The smallest absolute Gasteiger partial charge is 0.428 e. The molecule has 41 heavy (non-hydrogen) atoms. The predicted molar refractivity (Wildman–Crippen MR) is 151 cm³/mol. The minimum Gasteiger partial charge on any atom is -0.428 e. The van der Waals surface area contributed by atoms with Crippen LogP contribution in [0.1, 0.15) is 109 Å². The highest BCUT2D eigenvalue weighted by Crippen LogP contribution is 2.42. The van der Waals surface area contributed by atoms with Crippen LogP contribution in [0.3, 0.4) is 0 Å². The molecule has 0 spiro atoms. The number of carbonyl (C=O) groups excluding carboxylic acids is 4. The average molecular weight is 583 g/mol. The summed E-state index contributed by atoms with van der Waals surface area (Å²) in [6.45, 7) is 20.8. The molecule has 11 heteroatoms. The molecule has 0 atom stereocenters. The highest BCUT2D eigenvalue weighted by atomic mass is 16.8. The lowest BCUT2D eigenvalue weighted by Gasteiger charge is -2.25. The highest BCUT2D eigenvalue weighted by Gasteiger charge is 2.32. The summed E-state index contributed by atoms with van der Waals surface area (Å²) in [5.41, 5.74) is -3.48. The summed E-state index contributed by atoms with van der Waals surface area (Å²) in [7, 11) is 0. The number of rotatable bonds is 12. The van der Waals surface area contributed by atoms with Crippen LogP contribution in [0.25, 0.3) is 0 Å². The van der Waals surface area contributed by atoms with Gasteiger partial charge in [-0.3, -0.25) is 4.79 Å². The Hall–Kier alpha value is -3.50. The third-order valence-corrected chi connectivity index (χ3v) is 6.86. The van der Waals surface area contributed by atoms with E-state index in [1.165, 1.54) is 0 Å².